The van der Waals surface area contributed by atoms with Gasteiger partial charge in [0, 0.05) is 16.6 Å². The van der Waals surface area contributed by atoms with E-state index in [1.165, 1.54) is 71.6 Å². The summed E-state index contributed by atoms with van der Waals surface area (Å²) >= 11 is 0. The van der Waals surface area contributed by atoms with E-state index in [1.54, 1.807) is 0 Å². The van der Waals surface area contributed by atoms with Crippen molar-refractivity contribution in [3.05, 3.63) is 237 Å². The van der Waals surface area contributed by atoms with E-state index in [4.69, 9.17) is 0 Å². The molecule has 10 aromatic rings. The zero-order chi connectivity index (χ0) is 38.0. The van der Waals surface area contributed by atoms with E-state index < -0.39 is 0 Å². The number of anilines is 3. The van der Waals surface area contributed by atoms with Gasteiger partial charge in [0.25, 0.3) is 0 Å². The number of benzene rings is 10. The summed E-state index contributed by atoms with van der Waals surface area (Å²) in [6.07, 6.45) is 0. The maximum atomic E-state index is 2.46. The predicted octanol–water partition coefficient (Wildman–Crippen LogP) is 15.8. The summed E-state index contributed by atoms with van der Waals surface area (Å²) in [4.78, 5) is 2.46. The molecule has 0 aromatic heterocycles. The smallest absolute Gasteiger partial charge is 0.0540 e. The van der Waals surface area contributed by atoms with Crippen LogP contribution in [0.2, 0.25) is 0 Å². The molecule has 0 fully saturated rings. The molecular formula is C56H39N. The van der Waals surface area contributed by atoms with Crippen LogP contribution in [0.25, 0.3) is 77.2 Å². The highest BCUT2D eigenvalue weighted by Crippen LogP contribution is 2.48. The van der Waals surface area contributed by atoms with Crippen molar-refractivity contribution in [2.45, 2.75) is 0 Å². The number of hydrogen-bond donors (Lipinski definition) is 0. The van der Waals surface area contributed by atoms with Gasteiger partial charge in [-0.25, -0.2) is 0 Å². The summed E-state index contributed by atoms with van der Waals surface area (Å²) in [6, 6.07) is 85.8. The Bertz CT molecular complexity index is 3010. The Kier molecular flexibility index (Phi) is 8.95. The van der Waals surface area contributed by atoms with Gasteiger partial charge in [0.1, 0.15) is 0 Å². The summed E-state index contributed by atoms with van der Waals surface area (Å²) < 4.78 is 0. The Morgan fingerprint density at radius 2 is 0.737 bits per heavy atom. The molecule has 0 saturated carbocycles. The summed E-state index contributed by atoms with van der Waals surface area (Å²) in [6.45, 7) is 0. The third kappa shape index (κ3) is 6.46. The molecule has 0 N–H and O–H groups in total. The van der Waals surface area contributed by atoms with Crippen LogP contribution in [0, 0.1) is 0 Å². The lowest BCUT2D eigenvalue weighted by atomic mass is 9.86. The first-order chi connectivity index (χ1) is 28.3. The standard InChI is InChI=1S/C56H39N/c1-3-18-40(19-4-1)44-36-37-52(54(39-44)51-31-12-11-29-48(51)41-20-5-2-6-21-41)53-32-13-14-34-56(53)57(55-35-17-25-43-23-8-10-30-50(43)55)46-27-15-26-45(38-46)49-33-16-24-42-22-7-9-28-47(42)49/h1-39H. The molecule has 0 aliphatic carbocycles. The Labute approximate surface area is 334 Å². The molecule has 0 heterocycles. The average Bonchev–Trinajstić information content (AvgIpc) is 3.30. The Morgan fingerprint density at radius 1 is 0.228 bits per heavy atom. The summed E-state index contributed by atoms with van der Waals surface area (Å²) in [5.41, 5.74) is 15.2. The molecule has 0 radical (unpaired) electrons. The Balaban J connectivity index is 1.23. The summed E-state index contributed by atoms with van der Waals surface area (Å²) in [5.74, 6) is 0. The SMILES string of the molecule is c1ccc(-c2ccc(-c3ccccc3N(c3cccc(-c4cccc5ccccc45)c3)c3cccc4ccccc34)c(-c3ccccc3-c3ccccc3)c2)cc1. The van der Waals surface area contributed by atoms with Crippen LogP contribution in [0.1, 0.15) is 0 Å². The highest BCUT2D eigenvalue weighted by atomic mass is 15.1. The molecule has 57 heavy (non-hydrogen) atoms. The highest BCUT2D eigenvalue weighted by molar-refractivity contribution is 6.04. The van der Waals surface area contributed by atoms with Gasteiger partial charge in [-0.15, -0.1) is 0 Å². The van der Waals surface area contributed by atoms with E-state index in [1.807, 2.05) is 0 Å². The second kappa shape index (κ2) is 15.0. The fourth-order valence-electron chi connectivity index (χ4n) is 8.40. The minimum Gasteiger partial charge on any atom is -0.309 e. The molecule has 0 aliphatic rings. The van der Waals surface area contributed by atoms with Crippen molar-refractivity contribution in [3.8, 4) is 55.6 Å². The Hall–Kier alpha value is -7.48. The number of fused-ring (bicyclic) bond motifs is 2. The summed E-state index contributed by atoms with van der Waals surface area (Å²) in [7, 11) is 0. The van der Waals surface area contributed by atoms with Crippen molar-refractivity contribution in [1.82, 2.24) is 0 Å². The van der Waals surface area contributed by atoms with Gasteiger partial charge in [0.15, 0.2) is 0 Å². The van der Waals surface area contributed by atoms with Gasteiger partial charge in [-0.3, -0.25) is 0 Å². The quantitative estimate of drug-likeness (QED) is 0.151. The molecule has 0 spiro atoms. The average molecular weight is 726 g/mol. The topological polar surface area (TPSA) is 3.24 Å². The van der Waals surface area contributed by atoms with E-state index in [-0.39, 0.29) is 0 Å². The van der Waals surface area contributed by atoms with Crippen LogP contribution < -0.4 is 4.90 Å². The van der Waals surface area contributed by atoms with Crippen LogP contribution in [-0.4, -0.2) is 0 Å². The fourth-order valence-corrected chi connectivity index (χ4v) is 8.40. The van der Waals surface area contributed by atoms with E-state index in [9.17, 15) is 0 Å². The molecule has 0 amide bonds. The molecule has 0 bridgehead atoms. The van der Waals surface area contributed by atoms with E-state index >= 15 is 0 Å². The van der Waals surface area contributed by atoms with Gasteiger partial charge >= 0.3 is 0 Å². The monoisotopic (exact) mass is 725 g/mol. The maximum Gasteiger partial charge on any atom is 0.0540 e. The lowest BCUT2D eigenvalue weighted by Gasteiger charge is -2.30. The molecular weight excluding hydrogens is 687 g/mol. The van der Waals surface area contributed by atoms with Crippen molar-refractivity contribution in [1.29, 1.82) is 0 Å². The van der Waals surface area contributed by atoms with Gasteiger partial charge in [-0.05, 0) is 96.6 Å². The van der Waals surface area contributed by atoms with Crippen LogP contribution >= 0.6 is 0 Å². The minimum absolute atomic E-state index is 1.09. The molecule has 0 aliphatic heterocycles. The third-order valence-corrected chi connectivity index (χ3v) is 11.1. The van der Waals surface area contributed by atoms with E-state index in [2.05, 4.69) is 241 Å². The third-order valence-electron chi connectivity index (χ3n) is 11.1. The van der Waals surface area contributed by atoms with Crippen molar-refractivity contribution < 1.29 is 0 Å². The number of para-hydroxylation sites is 1. The first-order valence-corrected chi connectivity index (χ1v) is 19.6. The first-order valence-electron chi connectivity index (χ1n) is 19.6. The second-order valence-corrected chi connectivity index (χ2v) is 14.5. The van der Waals surface area contributed by atoms with Gasteiger partial charge < -0.3 is 4.90 Å². The highest BCUT2D eigenvalue weighted by Gasteiger charge is 2.22. The molecule has 0 unspecified atom stereocenters. The van der Waals surface area contributed by atoms with Gasteiger partial charge in [0.05, 0.1) is 11.4 Å². The molecule has 0 saturated heterocycles. The van der Waals surface area contributed by atoms with Crippen LogP contribution in [0.5, 0.6) is 0 Å². The van der Waals surface area contributed by atoms with Crippen molar-refractivity contribution in [3.63, 3.8) is 0 Å². The number of hydrogen-bond acceptors (Lipinski definition) is 1. The van der Waals surface area contributed by atoms with Crippen molar-refractivity contribution in [2.24, 2.45) is 0 Å². The molecule has 0 atom stereocenters. The number of nitrogens with zero attached hydrogens (tertiary/aromatic N) is 1. The largest absolute Gasteiger partial charge is 0.309 e. The molecule has 268 valence electrons. The molecule has 1 nitrogen and oxygen atoms in total. The zero-order valence-electron chi connectivity index (χ0n) is 31.5. The Morgan fingerprint density at radius 3 is 1.53 bits per heavy atom. The maximum absolute atomic E-state index is 2.46. The van der Waals surface area contributed by atoms with Crippen LogP contribution in [0.15, 0.2) is 237 Å². The van der Waals surface area contributed by atoms with E-state index in [0.29, 0.717) is 0 Å². The minimum atomic E-state index is 1.09. The molecule has 10 rings (SSSR count). The van der Waals surface area contributed by atoms with Crippen molar-refractivity contribution >= 4 is 38.6 Å². The molecule has 1 heteroatoms. The van der Waals surface area contributed by atoms with Gasteiger partial charge in [-0.2, -0.15) is 0 Å². The summed E-state index contributed by atoms with van der Waals surface area (Å²) in [5, 5.41) is 4.88. The second-order valence-electron chi connectivity index (χ2n) is 14.5. The van der Waals surface area contributed by atoms with Gasteiger partial charge in [-0.1, -0.05) is 206 Å². The zero-order valence-corrected chi connectivity index (χ0v) is 31.5. The fraction of sp³-hybridized carbons (Fsp3) is 0. The lowest BCUT2D eigenvalue weighted by molar-refractivity contribution is 1.30. The lowest BCUT2D eigenvalue weighted by Crippen LogP contribution is -2.12. The number of rotatable bonds is 8. The first kappa shape index (κ1) is 34.0. The van der Waals surface area contributed by atoms with Crippen LogP contribution in [-0.2, 0) is 0 Å². The van der Waals surface area contributed by atoms with Crippen LogP contribution in [0.4, 0.5) is 17.1 Å². The van der Waals surface area contributed by atoms with Crippen molar-refractivity contribution in [2.75, 3.05) is 4.90 Å². The van der Waals surface area contributed by atoms with Gasteiger partial charge in [0.2, 0.25) is 0 Å². The molecule has 10 aromatic carbocycles. The van der Waals surface area contributed by atoms with E-state index in [0.717, 1.165) is 22.6 Å². The van der Waals surface area contributed by atoms with Crippen LogP contribution in [0.3, 0.4) is 0 Å². The normalized spacial score (nSPS) is 11.2. The predicted molar refractivity (Wildman–Crippen MR) is 243 cm³/mol.